The maximum absolute atomic E-state index is 12.4. The van der Waals surface area contributed by atoms with Crippen LogP contribution < -0.4 is 4.74 Å². The van der Waals surface area contributed by atoms with Crippen molar-refractivity contribution in [1.29, 1.82) is 0 Å². The molecular formula is C20H20O3. The van der Waals surface area contributed by atoms with Crippen LogP contribution in [0.5, 0.6) is 5.75 Å². The Morgan fingerprint density at radius 2 is 1.87 bits per heavy atom. The fourth-order valence-electron chi connectivity index (χ4n) is 2.27. The van der Waals surface area contributed by atoms with Crippen LogP contribution in [0.3, 0.4) is 0 Å². The van der Waals surface area contributed by atoms with Crippen LogP contribution >= 0.6 is 0 Å². The van der Waals surface area contributed by atoms with E-state index in [0.717, 1.165) is 10.8 Å². The monoisotopic (exact) mass is 308 g/mol. The maximum atomic E-state index is 12.4. The minimum atomic E-state index is -0.0822. The summed E-state index contributed by atoms with van der Waals surface area (Å²) < 4.78 is 10.6. The lowest BCUT2D eigenvalue weighted by Gasteiger charge is -2.07. The van der Waals surface area contributed by atoms with Gasteiger partial charge in [0.15, 0.2) is 5.78 Å². The van der Waals surface area contributed by atoms with Crippen molar-refractivity contribution >= 4 is 16.6 Å². The molecule has 2 aromatic carbocycles. The second-order valence-corrected chi connectivity index (χ2v) is 4.90. The summed E-state index contributed by atoms with van der Waals surface area (Å²) in [7, 11) is 3.20. The summed E-state index contributed by atoms with van der Waals surface area (Å²) in [6.07, 6.45) is 8.65. The first-order valence-corrected chi connectivity index (χ1v) is 7.35. The van der Waals surface area contributed by atoms with Gasteiger partial charge in [0.05, 0.1) is 14.2 Å². The van der Waals surface area contributed by atoms with Crippen LogP contribution in [0.4, 0.5) is 0 Å². The van der Waals surface area contributed by atoms with Crippen LogP contribution in [0.15, 0.2) is 72.5 Å². The van der Waals surface area contributed by atoms with Crippen molar-refractivity contribution in [2.24, 2.45) is 0 Å². The molecule has 0 radical (unpaired) electrons. The lowest BCUT2D eigenvalue weighted by molar-refractivity contribution is 0.104. The third-order valence-electron chi connectivity index (χ3n) is 3.40. The van der Waals surface area contributed by atoms with Gasteiger partial charge in [0.25, 0.3) is 0 Å². The van der Waals surface area contributed by atoms with Crippen LogP contribution in [0.25, 0.3) is 10.8 Å². The Labute approximate surface area is 136 Å². The highest BCUT2D eigenvalue weighted by Gasteiger charge is 2.08. The second-order valence-electron chi connectivity index (χ2n) is 4.90. The van der Waals surface area contributed by atoms with Gasteiger partial charge in [0.1, 0.15) is 11.5 Å². The predicted molar refractivity (Wildman–Crippen MR) is 93.9 cm³/mol. The molecule has 0 N–H and O–H groups in total. The van der Waals surface area contributed by atoms with E-state index < -0.39 is 0 Å². The first-order chi connectivity index (χ1) is 11.2. The third-order valence-corrected chi connectivity index (χ3v) is 3.40. The molecular weight excluding hydrogens is 288 g/mol. The number of hydrogen-bond acceptors (Lipinski definition) is 3. The molecule has 0 heterocycles. The van der Waals surface area contributed by atoms with Gasteiger partial charge in [-0.15, -0.1) is 0 Å². The summed E-state index contributed by atoms with van der Waals surface area (Å²) in [4.78, 5) is 12.4. The summed E-state index contributed by atoms with van der Waals surface area (Å²) in [6, 6.07) is 11.5. The van der Waals surface area contributed by atoms with Gasteiger partial charge in [-0.25, -0.2) is 0 Å². The Kier molecular flexibility index (Phi) is 5.75. The molecule has 0 unspecified atom stereocenters. The molecule has 0 atom stereocenters. The zero-order chi connectivity index (χ0) is 16.7. The van der Waals surface area contributed by atoms with Crippen molar-refractivity contribution in [2.75, 3.05) is 14.2 Å². The smallest absolute Gasteiger partial charge is 0.185 e. The number of methoxy groups -OCH3 is 2. The number of hydrogen-bond donors (Lipinski definition) is 0. The zero-order valence-corrected chi connectivity index (χ0v) is 13.6. The quantitative estimate of drug-likeness (QED) is 0.336. The van der Waals surface area contributed by atoms with E-state index in [1.807, 2.05) is 49.4 Å². The van der Waals surface area contributed by atoms with Crippen molar-refractivity contribution in [2.45, 2.75) is 6.92 Å². The van der Waals surface area contributed by atoms with Crippen molar-refractivity contribution in [3.63, 3.8) is 0 Å². The van der Waals surface area contributed by atoms with E-state index in [1.54, 1.807) is 32.4 Å². The van der Waals surface area contributed by atoms with Crippen molar-refractivity contribution in [1.82, 2.24) is 0 Å². The lowest BCUT2D eigenvalue weighted by atomic mass is 10.0. The Morgan fingerprint density at radius 1 is 1.09 bits per heavy atom. The normalized spacial score (nSPS) is 12.2. The lowest BCUT2D eigenvalue weighted by Crippen LogP contribution is -1.96. The number of benzene rings is 2. The Hall–Kier alpha value is -2.81. The van der Waals surface area contributed by atoms with Crippen molar-refractivity contribution in [3.8, 4) is 5.75 Å². The van der Waals surface area contributed by atoms with Gasteiger partial charge >= 0.3 is 0 Å². The molecule has 0 spiro atoms. The van der Waals surface area contributed by atoms with Crippen LogP contribution in [-0.4, -0.2) is 20.0 Å². The van der Waals surface area contributed by atoms with Crippen LogP contribution in [0.2, 0.25) is 0 Å². The van der Waals surface area contributed by atoms with E-state index in [2.05, 4.69) is 0 Å². The van der Waals surface area contributed by atoms with Crippen molar-refractivity contribution in [3.05, 3.63) is 78.1 Å². The molecule has 0 aromatic heterocycles. The van der Waals surface area contributed by atoms with Crippen LogP contribution in [0.1, 0.15) is 17.3 Å². The van der Waals surface area contributed by atoms with Gasteiger partial charge in [-0.05, 0) is 42.7 Å². The van der Waals surface area contributed by atoms with E-state index in [4.69, 9.17) is 9.47 Å². The van der Waals surface area contributed by atoms with E-state index >= 15 is 0 Å². The number of carbonyl (C=O) groups excluding carboxylic acids is 1. The fourth-order valence-corrected chi connectivity index (χ4v) is 2.27. The highest BCUT2D eigenvalue weighted by atomic mass is 16.5. The first kappa shape index (κ1) is 16.6. The van der Waals surface area contributed by atoms with Crippen LogP contribution in [-0.2, 0) is 4.74 Å². The summed E-state index contributed by atoms with van der Waals surface area (Å²) in [5.41, 5.74) is 0.593. The summed E-state index contributed by atoms with van der Waals surface area (Å²) in [6.45, 7) is 1.91. The van der Waals surface area contributed by atoms with Gasteiger partial charge < -0.3 is 9.47 Å². The molecule has 0 saturated carbocycles. The Balaban J connectivity index is 2.31. The Morgan fingerprint density at radius 3 is 2.57 bits per heavy atom. The standard InChI is InChI=1S/C20H20O3/c1-4-8-17(22-2)10-7-12-19(21)16-13-15-9-5-6-11-18(15)20(14-16)23-3/h4-14H,1-3H3/b8-4-,12-7+,17-10+. The average molecular weight is 308 g/mol. The molecule has 23 heavy (non-hydrogen) atoms. The maximum Gasteiger partial charge on any atom is 0.185 e. The van der Waals surface area contributed by atoms with E-state index in [1.165, 1.54) is 6.08 Å². The molecule has 118 valence electrons. The topological polar surface area (TPSA) is 35.5 Å². The SMILES string of the molecule is C\C=C/C(=C\C=C\C(=O)c1cc(OC)c2ccccc2c1)OC. The molecule has 0 aliphatic rings. The molecule has 0 fully saturated rings. The minimum absolute atomic E-state index is 0.0822. The molecule has 2 rings (SSSR count). The van der Waals surface area contributed by atoms with Gasteiger partial charge in [0, 0.05) is 10.9 Å². The minimum Gasteiger partial charge on any atom is -0.497 e. The zero-order valence-electron chi connectivity index (χ0n) is 13.6. The largest absolute Gasteiger partial charge is 0.497 e. The first-order valence-electron chi connectivity index (χ1n) is 7.35. The number of ether oxygens (including phenoxy) is 2. The number of fused-ring (bicyclic) bond motifs is 1. The number of carbonyl (C=O) groups is 1. The number of rotatable bonds is 6. The van der Waals surface area contributed by atoms with Crippen molar-refractivity contribution < 1.29 is 14.3 Å². The van der Waals surface area contributed by atoms with Gasteiger partial charge in [-0.3, -0.25) is 4.79 Å². The van der Waals surface area contributed by atoms with E-state index in [9.17, 15) is 4.79 Å². The summed E-state index contributed by atoms with van der Waals surface area (Å²) in [5, 5.41) is 1.97. The van der Waals surface area contributed by atoms with Crippen LogP contribution in [0, 0.1) is 0 Å². The third kappa shape index (κ3) is 4.10. The highest BCUT2D eigenvalue weighted by molar-refractivity contribution is 6.08. The molecule has 0 saturated heterocycles. The molecule has 0 aliphatic carbocycles. The van der Waals surface area contributed by atoms with Gasteiger partial charge in [0.2, 0.25) is 0 Å². The molecule has 0 bridgehead atoms. The molecule has 3 heteroatoms. The molecule has 3 nitrogen and oxygen atoms in total. The van der Waals surface area contributed by atoms with Gasteiger partial charge in [-0.2, -0.15) is 0 Å². The van der Waals surface area contributed by atoms with E-state index in [-0.39, 0.29) is 5.78 Å². The number of ketones is 1. The molecule has 2 aromatic rings. The predicted octanol–water partition coefficient (Wildman–Crippen LogP) is 4.69. The molecule has 0 aliphatic heterocycles. The van der Waals surface area contributed by atoms with Gasteiger partial charge in [-0.1, -0.05) is 36.4 Å². The Bertz CT molecular complexity index is 783. The number of allylic oxidation sites excluding steroid dienone is 5. The summed E-state index contributed by atoms with van der Waals surface area (Å²) in [5.74, 6) is 1.30. The highest BCUT2D eigenvalue weighted by Crippen LogP contribution is 2.27. The molecule has 0 amide bonds. The summed E-state index contributed by atoms with van der Waals surface area (Å²) >= 11 is 0. The van der Waals surface area contributed by atoms with E-state index in [0.29, 0.717) is 17.1 Å². The fraction of sp³-hybridized carbons (Fsp3) is 0.150. The second kappa shape index (κ2) is 7.99. The average Bonchev–Trinajstić information content (AvgIpc) is 2.59.